The zero-order valence-electron chi connectivity index (χ0n) is 9.54. The summed E-state index contributed by atoms with van der Waals surface area (Å²) in [7, 11) is 0. The summed E-state index contributed by atoms with van der Waals surface area (Å²) in [4.78, 5) is 1.07. The van der Waals surface area contributed by atoms with Gasteiger partial charge >= 0.3 is 6.18 Å². The summed E-state index contributed by atoms with van der Waals surface area (Å²) in [6, 6.07) is 4.90. The minimum Gasteiger partial charge on any atom is -0.395 e. The Morgan fingerprint density at radius 3 is 2.44 bits per heavy atom. The Kier molecular flexibility index (Phi) is 5.43. The monoisotopic (exact) mass is 326 g/mol. The molecule has 0 fully saturated rings. The Hall–Kier alpha value is -0.790. The van der Waals surface area contributed by atoms with Crippen LogP contribution in [0.2, 0.25) is 0 Å². The standard InChI is InChI=1S/C11H14BrF3N2O/c12-9-3-8(6-16)4-10(5-9)17(1-2-18)7-11(13,14)15/h3-5,18H,1-2,6-7,16H2. The van der Waals surface area contributed by atoms with Crippen molar-refractivity contribution >= 4 is 21.6 Å². The molecule has 0 atom stereocenters. The van der Waals surface area contributed by atoms with E-state index in [9.17, 15) is 13.2 Å². The van der Waals surface area contributed by atoms with Crippen LogP contribution < -0.4 is 10.6 Å². The van der Waals surface area contributed by atoms with Crippen LogP contribution in [0.15, 0.2) is 22.7 Å². The average Bonchev–Trinajstić information content (AvgIpc) is 2.26. The summed E-state index contributed by atoms with van der Waals surface area (Å²) >= 11 is 3.23. The van der Waals surface area contributed by atoms with Crippen molar-refractivity contribution in [3.05, 3.63) is 28.2 Å². The molecule has 1 aromatic rings. The molecule has 0 spiro atoms. The van der Waals surface area contributed by atoms with Gasteiger partial charge in [0, 0.05) is 23.2 Å². The predicted molar refractivity (Wildman–Crippen MR) is 67.4 cm³/mol. The Labute approximate surface area is 112 Å². The van der Waals surface area contributed by atoms with Crippen molar-refractivity contribution in [2.24, 2.45) is 5.73 Å². The highest BCUT2D eigenvalue weighted by Crippen LogP contribution is 2.26. The molecule has 0 saturated heterocycles. The third-order valence-electron chi connectivity index (χ3n) is 2.28. The molecule has 102 valence electrons. The van der Waals surface area contributed by atoms with E-state index in [1.165, 1.54) is 0 Å². The summed E-state index contributed by atoms with van der Waals surface area (Å²) in [5.74, 6) is 0. The molecular weight excluding hydrogens is 313 g/mol. The molecule has 3 N–H and O–H groups in total. The van der Waals surface area contributed by atoms with Gasteiger partial charge in [0.15, 0.2) is 0 Å². The predicted octanol–water partition coefficient (Wildman–Crippen LogP) is 2.27. The maximum absolute atomic E-state index is 12.4. The van der Waals surface area contributed by atoms with Gasteiger partial charge in [0.25, 0.3) is 0 Å². The molecule has 0 saturated carbocycles. The van der Waals surface area contributed by atoms with Crippen LogP contribution >= 0.6 is 15.9 Å². The molecule has 3 nitrogen and oxygen atoms in total. The second-order valence-corrected chi connectivity index (χ2v) is 4.70. The van der Waals surface area contributed by atoms with Gasteiger partial charge in [-0.2, -0.15) is 13.2 Å². The molecular formula is C11H14BrF3N2O. The second kappa shape index (κ2) is 6.40. The van der Waals surface area contributed by atoms with Gasteiger partial charge in [0.05, 0.1) is 6.61 Å². The molecule has 18 heavy (non-hydrogen) atoms. The molecule has 0 bridgehead atoms. The van der Waals surface area contributed by atoms with Crippen LogP contribution in [0.4, 0.5) is 18.9 Å². The molecule has 0 heterocycles. The number of nitrogens with zero attached hydrogens (tertiary/aromatic N) is 1. The number of alkyl halides is 3. The molecule has 0 unspecified atom stereocenters. The largest absolute Gasteiger partial charge is 0.405 e. The number of hydrogen-bond donors (Lipinski definition) is 2. The Morgan fingerprint density at radius 1 is 1.28 bits per heavy atom. The van der Waals surface area contributed by atoms with E-state index in [-0.39, 0.29) is 19.7 Å². The van der Waals surface area contributed by atoms with Crippen molar-refractivity contribution < 1.29 is 18.3 Å². The number of rotatable bonds is 5. The molecule has 1 aromatic carbocycles. The fraction of sp³-hybridized carbons (Fsp3) is 0.455. The van der Waals surface area contributed by atoms with Crippen molar-refractivity contribution in [1.29, 1.82) is 0 Å². The lowest BCUT2D eigenvalue weighted by atomic mass is 10.2. The first-order valence-electron chi connectivity index (χ1n) is 5.28. The van der Waals surface area contributed by atoms with Crippen molar-refractivity contribution in [1.82, 2.24) is 0 Å². The van der Waals surface area contributed by atoms with E-state index in [1.807, 2.05) is 0 Å². The van der Waals surface area contributed by atoms with Gasteiger partial charge in [-0.05, 0) is 23.8 Å². The number of halogens is 4. The topological polar surface area (TPSA) is 49.5 Å². The molecule has 0 aliphatic heterocycles. The Morgan fingerprint density at radius 2 is 1.94 bits per heavy atom. The third-order valence-corrected chi connectivity index (χ3v) is 2.74. The lowest BCUT2D eigenvalue weighted by Gasteiger charge is -2.25. The molecule has 0 amide bonds. The first kappa shape index (κ1) is 15.3. The van der Waals surface area contributed by atoms with E-state index >= 15 is 0 Å². The highest BCUT2D eigenvalue weighted by atomic mass is 79.9. The third kappa shape index (κ3) is 4.83. The van der Waals surface area contributed by atoms with Crippen molar-refractivity contribution in [2.75, 3.05) is 24.6 Å². The molecule has 0 aliphatic carbocycles. The number of benzene rings is 1. The van der Waals surface area contributed by atoms with Gasteiger partial charge in [-0.25, -0.2) is 0 Å². The molecule has 0 radical (unpaired) electrons. The minimum atomic E-state index is -4.32. The molecule has 7 heteroatoms. The maximum atomic E-state index is 12.4. The van der Waals surface area contributed by atoms with Gasteiger partial charge in [0.1, 0.15) is 6.54 Å². The van der Waals surface area contributed by atoms with E-state index < -0.39 is 12.7 Å². The van der Waals surface area contributed by atoms with Gasteiger partial charge in [-0.15, -0.1) is 0 Å². The summed E-state index contributed by atoms with van der Waals surface area (Å²) in [6.45, 7) is -1.29. The van der Waals surface area contributed by atoms with Crippen molar-refractivity contribution in [3.63, 3.8) is 0 Å². The lowest BCUT2D eigenvalue weighted by molar-refractivity contribution is -0.119. The van der Waals surface area contributed by atoms with E-state index in [0.717, 1.165) is 10.5 Å². The zero-order chi connectivity index (χ0) is 13.8. The number of anilines is 1. The van der Waals surface area contributed by atoms with Gasteiger partial charge in [-0.1, -0.05) is 15.9 Å². The van der Waals surface area contributed by atoms with E-state index in [0.29, 0.717) is 10.2 Å². The first-order chi connectivity index (χ1) is 8.35. The highest BCUT2D eigenvalue weighted by molar-refractivity contribution is 9.10. The minimum absolute atomic E-state index is 0.0834. The van der Waals surface area contributed by atoms with Crippen LogP contribution in [0.1, 0.15) is 5.56 Å². The Bertz CT molecular complexity index is 398. The van der Waals surface area contributed by atoms with Gasteiger partial charge < -0.3 is 15.7 Å². The summed E-state index contributed by atoms with van der Waals surface area (Å²) < 4.78 is 38.0. The number of aliphatic hydroxyl groups excluding tert-OH is 1. The van der Waals surface area contributed by atoms with Crippen molar-refractivity contribution in [3.8, 4) is 0 Å². The summed E-state index contributed by atoms with van der Waals surface area (Å²) in [6.07, 6.45) is -4.32. The smallest absolute Gasteiger partial charge is 0.395 e. The van der Waals surface area contributed by atoms with Crippen LogP contribution in [0.25, 0.3) is 0 Å². The van der Waals surface area contributed by atoms with Gasteiger partial charge in [-0.3, -0.25) is 0 Å². The maximum Gasteiger partial charge on any atom is 0.405 e. The van der Waals surface area contributed by atoms with Crippen LogP contribution in [-0.2, 0) is 6.54 Å². The highest BCUT2D eigenvalue weighted by Gasteiger charge is 2.30. The second-order valence-electron chi connectivity index (χ2n) is 3.78. The van der Waals surface area contributed by atoms with Crippen LogP contribution in [0.3, 0.4) is 0 Å². The van der Waals surface area contributed by atoms with Crippen LogP contribution in [0, 0.1) is 0 Å². The van der Waals surface area contributed by atoms with E-state index in [2.05, 4.69) is 15.9 Å². The fourth-order valence-corrected chi connectivity index (χ4v) is 2.10. The SMILES string of the molecule is NCc1cc(Br)cc(N(CCO)CC(F)(F)F)c1. The van der Waals surface area contributed by atoms with Crippen molar-refractivity contribution in [2.45, 2.75) is 12.7 Å². The summed E-state index contributed by atoms with van der Waals surface area (Å²) in [5.41, 5.74) is 6.59. The normalized spacial score (nSPS) is 11.7. The molecule has 0 aliphatic rings. The van der Waals surface area contributed by atoms with E-state index in [1.54, 1.807) is 18.2 Å². The first-order valence-corrected chi connectivity index (χ1v) is 6.07. The average molecular weight is 327 g/mol. The van der Waals surface area contributed by atoms with Crippen LogP contribution in [-0.4, -0.2) is 31.0 Å². The Balaban J connectivity index is 3.01. The van der Waals surface area contributed by atoms with Crippen LogP contribution in [0.5, 0.6) is 0 Å². The number of hydrogen-bond acceptors (Lipinski definition) is 3. The van der Waals surface area contributed by atoms with Gasteiger partial charge in [0.2, 0.25) is 0 Å². The van der Waals surface area contributed by atoms with E-state index in [4.69, 9.17) is 10.8 Å². The fourth-order valence-electron chi connectivity index (χ4n) is 1.57. The molecule has 1 rings (SSSR count). The number of aliphatic hydroxyl groups is 1. The zero-order valence-corrected chi connectivity index (χ0v) is 11.1. The quantitative estimate of drug-likeness (QED) is 0.872. The lowest BCUT2D eigenvalue weighted by Crippen LogP contribution is -2.36. The number of nitrogens with two attached hydrogens (primary N) is 1. The summed E-state index contributed by atoms with van der Waals surface area (Å²) in [5, 5.41) is 8.85. The molecule has 0 aromatic heterocycles.